The van der Waals surface area contributed by atoms with E-state index >= 15 is 0 Å². The molecule has 0 bridgehead atoms. The van der Waals surface area contributed by atoms with Gasteiger partial charge in [-0.2, -0.15) is 0 Å². The van der Waals surface area contributed by atoms with Gasteiger partial charge in [0.15, 0.2) is 0 Å². The minimum absolute atomic E-state index is 0.0718. The van der Waals surface area contributed by atoms with Crippen LogP contribution in [-0.4, -0.2) is 16.2 Å². The maximum atomic E-state index is 10.0. The van der Waals surface area contributed by atoms with Crippen LogP contribution in [0.25, 0.3) is 0 Å². The minimum atomic E-state index is -1.05. The highest BCUT2D eigenvalue weighted by molar-refractivity contribution is 5.86. The van der Waals surface area contributed by atoms with E-state index in [9.17, 15) is 4.79 Å². The molecule has 0 unspecified atom stereocenters. The Hall–Kier alpha value is -1.25. The fourth-order valence-corrected chi connectivity index (χ4v) is 0.312. The summed E-state index contributed by atoms with van der Waals surface area (Å²) in [6.07, 6.45) is 1.09. The molecule has 0 aromatic heterocycles. The zero-order valence-corrected chi connectivity index (χ0v) is 5.09. The zero-order chi connectivity index (χ0) is 7.44. The minimum Gasteiger partial charge on any atom is -0.509 e. The lowest BCUT2D eigenvalue weighted by Crippen LogP contribution is -1.95. The molecule has 0 aromatic rings. The fourth-order valence-electron chi connectivity index (χ4n) is 0.312. The lowest BCUT2D eigenvalue weighted by molar-refractivity contribution is -0.132. The van der Waals surface area contributed by atoms with Crippen LogP contribution >= 0.6 is 0 Å². The van der Waals surface area contributed by atoms with E-state index in [0.717, 1.165) is 6.08 Å². The monoisotopic (exact) mass is 128 g/mol. The summed E-state index contributed by atoms with van der Waals surface area (Å²) in [5.41, 5.74) is 0.0718. The van der Waals surface area contributed by atoms with Gasteiger partial charge in [-0.05, 0) is 13.0 Å². The van der Waals surface area contributed by atoms with Crippen molar-refractivity contribution in [3.8, 4) is 0 Å². The van der Waals surface area contributed by atoms with Crippen molar-refractivity contribution >= 4 is 5.97 Å². The molecule has 0 fully saturated rings. The van der Waals surface area contributed by atoms with Gasteiger partial charge in [0.2, 0.25) is 0 Å². The molecule has 0 saturated heterocycles. The quantitative estimate of drug-likeness (QED) is 0.332. The number of hydrogen-bond donors (Lipinski definition) is 2. The predicted octanol–water partition coefficient (Wildman–Crippen LogP) is 1.09. The number of carboxylic acid groups (broad SMARTS) is 1. The van der Waals surface area contributed by atoms with Gasteiger partial charge < -0.3 is 10.2 Å². The number of aliphatic carboxylic acids is 1. The van der Waals surface area contributed by atoms with Gasteiger partial charge in [-0.15, -0.1) is 0 Å². The molecule has 0 spiro atoms. The number of rotatable bonds is 2. The van der Waals surface area contributed by atoms with Crippen LogP contribution in [0, 0.1) is 0 Å². The van der Waals surface area contributed by atoms with Crippen LogP contribution in [0.3, 0.4) is 0 Å². The normalized spacial score (nSPS) is 11.0. The van der Waals surface area contributed by atoms with Gasteiger partial charge in [-0.3, -0.25) is 0 Å². The van der Waals surface area contributed by atoms with Crippen LogP contribution < -0.4 is 0 Å². The second-order valence-corrected chi connectivity index (χ2v) is 1.62. The number of carboxylic acids is 1. The van der Waals surface area contributed by atoms with Crippen molar-refractivity contribution in [2.24, 2.45) is 0 Å². The van der Waals surface area contributed by atoms with E-state index in [0.29, 0.717) is 0 Å². The van der Waals surface area contributed by atoms with Gasteiger partial charge in [0.1, 0.15) is 5.76 Å². The van der Waals surface area contributed by atoms with Crippen molar-refractivity contribution in [2.75, 3.05) is 0 Å². The van der Waals surface area contributed by atoms with Gasteiger partial charge in [0, 0.05) is 5.57 Å². The summed E-state index contributed by atoms with van der Waals surface area (Å²) >= 11 is 0. The first-order valence-electron chi connectivity index (χ1n) is 2.33. The molecule has 0 amide bonds. The van der Waals surface area contributed by atoms with E-state index in [1.807, 2.05) is 0 Å². The Labute approximate surface area is 52.9 Å². The van der Waals surface area contributed by atoms with Crippen LogP contribution in [0.1, 0.15) is 6.92 Å². The Bertz CT molecular complexity index is 167. The summed E-state index contributed by atoms with van der Waals surface area (Å²) in [4.78, 5) is 10.0. The van der Waals surface area contributed by atoms with E-state index in [1.54, 1.807) is 0 Å². The molecule has 0 rings (SSSR count). The van der Waals surface area contributed by atoms with Crippen LogP contribution in [0.15, 0.2) is 24.0 Å². The highest BCUT2D eigenvalue weighted by Gasteiger charge is 1.97. The molecule has 0 aliphatic rings. The first-order valence-corrected chi connectivity index (χ1v) is 2.33. The Kier molecular flexibility index (Phi) is 2.51. The number of aliphatic hydroxyl groups is 1. The number of carbonyl (C=O) groups is 1. The van der Waals surface area contributed by atoms with Crippen LogP contribution in [-0.2, 0) is 4.79 Å². The van der Waals surface area contributed by atoms with Crippen molar-refractivity contribution in [3.63, 3.8) is 0 Å². The summed E-state index contributed by atoms with van der Waals surface area (Å²) in [6.45, 7) is 4.47. The van der Waals surface area contributed by atoms with Gasteiger partial charge in [-0.1, -0.05) is 6.58 Å². The molecule has 3 heteroatoms. The molecule has 0 aliphatic carbocycles. The second kappa shape index (κ2) is 2.91. The summed E-state index contributed by atoms with van der Waals surface area (Å²) < 4.78 is 0. The van der Waals surface area contributed by atoms with Crippen molar-refractivity contribution in [2.45, 2.75) is 6.92 Å². The third-order valence-electron chi connectivity index (χ3n) is 0.720. The number of hydrogen-bond acceptors (Lipinski definition) is 2. The summed E-state index contributed by atoms with van der Waals surface area (Å²) in [5, 5.41) is 16.6. The van der Waals surface area contributed by atoms with Crippen molar-refractivity contribution < 1.29 is 15.0 Å². The van der Waals surface area contributed by atoms with Crippen molar-refractivity contribution in [1.82, 2.24) is 0 Å². The van der Waals surface area contributed by atoms with Gasteiger partial charge in [0.05, 0.1) is 0 Å². The Morgan fingerprint density at radius 2 is 2.00 bits per heavy atom. The summed E-state index contributed by atoms with van der Waals surface area (Å²) in [5.74, 6) is -1.29. The van der Waals surface area contributed by atoms with Crippen molar-refractivity contribution in [3.05, 3.63) is 24.0 Å². The molecule has 0 saturated carbocycles. The van der Waals surface area contributed by atoms with Crippen molar-refractivity contribution in [1.29, 1.82) is 0 Å². The molecule has 9 heavy (non-hydrogen) atoms. The standard InChI is InChI=1S/C6H8O3/c1-4(6(8)9)3-5(2)7/h3,7H,2H2,1H3,(H,8,9)/b4-3+. The molecule has 0 atom stereocenters. The fraction of sp³-hybridized carbons (Fsp3) is 0.167. The second-order valence-electron chi connectivity index (χ2n) is 1.62. The zero-order valence-electron chi connectivity index (χ0n) is 5.09. The van der Waals surface area contributed by atoms with Crippen LogP contribution in [0.4, 0.5) is 0 Å². The van der Waals surface area contributed by atoms with Gasteiger partial charge >= 0.3 is 5.97 Å². The maximum Gasteiger partial charge on any atom is 0.331 e. The average Bonchev–Trinajstić information content (AvgIpc) is 1.63. The molecule has 0 heterocycles. The SMILES string of the molecule is C=C(O)/C=C(\C)C(=O)O. The average molecular weight is 128 g/mol. The Balaban J connectivity index is 4.17. The maximum absolute atomic E-state index is 10.0. The molecular weight excluding hydrogens is 120 g/mol. The molecule has 50 valence electrons. The van der Waals surface area contributed by atoms with Gasteiger partial charge in [0.25, 0.3) is 0 Å². The molecule has 3 nitrogen and oxygen atoms in total. The Morgan fingerprint density at radius 1 is 1.56 bits per heavy atom. The third kappa shape index (κ3) is 3.34. The Morgan fingerprint density at radius 3 is 2.11 bits per heavy atom. The topological polar surface area (TPSA) is 57.5 Å². The first-order chi connectivity index (χ1) is 4.04. The van der Waals surface area contributed by atoms with E-state index in [4.69, 9.17) is 10.2 Å². The predicted molar refractivity (Wildman–Crippen MR) is 33.2 cm³/mol. The molecule has 0 aliphatic heterocycles. The van der Waals surface area contributed by atoms with Crippen LogP contribution in [0.5, 0.6) is 0 Å². The lowest BCUT2D eigenvalue weighted by atomic mass is 10.3. The van der Waals surface area contributed by atoms with E-state index < -0.39 is 5.97 Å². The smallest absolute Gasteiger partial charge is 0.331 e. The largest absolute Gasteiger partial charge is 0.509 e. The lowest BCUT2D eigenvalue weighted by Gasteiger charge is -1.89. The van der Waals surface area contributed by atoms with E-state index in [1.165, 1.54) is 6.92 Å². The van der Waals surface area contributed by atoms with E-state index in [2.05, 4.69) is 6.58 Å². The molecular formula is C6H8O3. The third-order valence-corrected chi connectivity index (χ3v) is 0.720. The van der Waals surface area contributed by atoms with E-state index in [-0.39, 0.29) is 11.3 Å². The highest BCUT2D eigenvalue weighted by atomic mass is 16.4. The summed E-state index contributed by atoms with van der Waals surface area (Å²) in [7, 11) is 0. The first kappa shape index (κ1) is 7.75. The molecule has 0 radical (unpaired) electrons. The van der Waals surface area contributed by atoms with Gasteiger partial charge in [-0.25, -0.2) is 4.79 Å². The summed E-state index contributed by atoms with van der Waals surface area (Å²) in [6, 6.07) is 0. The number of aliphatic hydroxyl groups excluding tert-OH is 1. The van der Waals surface area contributed by atoms with Crippen LogP contribution in [0.2, 0.25) is 0 Å². The molecule has 0 aromatic carbocycles. The number of allylic oxidation sites excluding steroid dienone is 1. The highest BCUT2D eigenvalue weighted by Crippen LogP contribution is 1.95. The molecule has 2 N–H and O–H groups in total.